The van der Waals surface area contributed by atoms with E-state index in [1.807, 2.05) is 17.4 Å². The molecule has 0 amide bonds. The number of benzene rings is 1. The third-order valence-electron chi connectivity index (χ3n) is 4.90. The van der Waals surface area contributed by atoms with Crippen molar-refractivity contribution >= 4 is 43.4 Å². The molecule has 0 N–H and O–H groups in total. The third-order valence-corrected chi connectivity index (χ3v) is 6.10. The molecule has 1 aromatic heterocycles. The first-order chi connectivity index (χ1) is 12.8. The van der Waals surface area contributed by atoms with Gasteiger partial charge in [-0.2, -0.15) is 0 Å². The molecule has 4 rings (SSSR count). The van der Waals surface area contributed by atoms with Gasteiger partial charge in [0, 0.05) is 32.2 Å². The van der Waals surface area contributed by atoms with Gasteiger partial charge in [0.2, 0.25) is 0 Å². The van der Waals surface area contributed by atoms with Gasteiger partial charge in [-0.25, -0.2) is 0 Å². The number of hydrogen-bond donors (Lipinski definition) is 0. The summed E-state index contributed by atoms with van der Waals surface area (Å²) >= 11 is 1.84. The van der Waals surface area contributed by atoms with Crippen LogP contribution >= 0.6 is 11.3 Å². The Bertz CT molecular complexity index is 1070. The summed E-state index contributed by atoms with van der Waals surface area (Å²) < 4.78 is 2.62. The fourth-order valence-electron chi connectivity index (χ4n) is 3.60. The molecule has 1 nitrogen and oxygen atoms in total. The molecule has 0 radical (unpaired) electrons. The summed E-state index contributed by atoms with van der Waals surface area (Å²) in [4.78, 5) is 12.3. The van der Waals surface area contributed by atoms with Gasteiger partial charge in [0.05, 0.1) is 0 Å². The summed E-state index contributed by atoms with van der Waals surface area (Å²) in [6.45, 7) is 2.16. The first kappa shape index (κ1) is 17.0. The standard InChI is InChI=1S/C24H22OS/c1-2-3-5-10-17(25)15-16-19-18-11-6-4-7-12-20(18)24-23(19)21-13-8-9-14-22(21)26-24/h4,6-9,11-16H,2-3,5,10H2,1H3/b16-15+. The molecule has 0 aliphatic heterocycles. The molecule has 1 heterocycles. The number of rotatable bonds is 6. The number of carbonyl (C=O) groups excluding carboxylic acids is 1. The fraction of sp³-hybridized carbons (Fsp3) is 0.208. The molecule has 0 unspecified atom stereocenters. The van der Waals surface area contributed by atoms with Crippen molar-refractivity contribution in [1.82, 2.24) is 0 Å². The molecular weight excluding hydrogens is 336 g/mol. The van der Waals surface area contributed by atoms with E-state index in [0.717, 1.165) is 19.3 Å². The van der Waals surface area contributed by atoms with Crippen LogP contribution in [0.4, 0.5) is 0 Å². The fourth-order valence-corrected chi connectivity index (χ4v) is 4.86. The van der Waals surface area contributed by atoms with E-state index in [2.05, 4.69) is 61.5 Å². The smallest absolute Gasteiger partial charge is 0.155 e. The van der Waals surface area contributed by atoms with Crippen molar-refractivity contribution in [3.8, 4) is 11.1 Å². The normalized spacial score (nSPS) is 11.9. The molecule has 130 valence electrons. The lowest BCUT2D eigenvalue weighted by Crippen LogP contribution is -1.91. The number of unbranched alkanes of at least 4 members (excludes halogenated alkanes) is 2. The SMILES string of the molecule is CCCCCC(=O)/C=C/c1c2cccccc-2c2sc3ccccc3c12. The van der Waals surface area contributed by atoms with Crippen LogP contribution in [0, 0.1) is 0 Å². The Morgan fingerprint density at radius 3 is 2.58 bits per heavy atom. The Balaban J connectivity index is 1.86. The second-order valence-electron chi connectivity index (χ2n) is 6.71. The molecule has 2 aromatic rings. The van der Waals surface area contributed by atoms with E-state index >= 15 is 0 Å². The maximum atomic E-state index is 12.3. The van der Waals surface area contributed by atoms with Crippen LogP contribution in [-0.2, 0) is 4.79 Å². The van der Waals surface area contributed by atoms with Crippen LogP contribution in [0.3, 0.4) is 0 Å². The number of thiophene rings is 1. The lowest BCUT2D eigenvalue weighted by molar-refractivity contribution is -0.114. The van der Waals surface area contributed by atoms with Crippen molar-refractivity contribution in [1.29, 1.82) is 0 Å². The van der Waals surface area contributed by atoms with Crippen molar-refractivity contribution < 1.29 is 4.79 Å². The van der Waals surface area contributed by atoms with Gasteiger partial charge < -0.3 is 0 Å². The summed E-state index contributed by atoms with van der Waals surface area (Å²) in [5.41, 5.74) is 3.66. The molecule has 2 heteroatoms. The topological polar surface area (TPSA) is 17.1 Å². The van der Waals surface area contributed by atoms with Gasteiger partial charge in [-0.05, 0) is 29.7 Å². The monoisotopic (exact) mass is 358 g/mol. The number of ketones is 1. The van der Waals surface area contributed by atoms with Crippen LogP contribution in [-0.4, -0.2) is 5.78 Å². The molecule has 0 saturated carbocycles. The summed E-state index contributed by atoms with van der Waals surface area (Å²) in [7, 11) is 0. The minimum atomic E-state index is 0.223. The van der Waals surface area contributed by atoms with Gasteiger partial charge in [0.25, 0.3) is 0 Å². The van der Waals surface area contributed by atoms with Gasteiger partial charge >= 0.3 is 0 Å². The number of hydrogen-bond acceptors (Lipinski definition) is 2. The molecule has 0 atom stereocenters. The summed E-state index contributed by atoms with van der Waals surface area (Å²) in [6.07, 6.45) is 7.70. The van der Waals surface area contributed by atoms with Crippen molar-refractivity contribution in [2.75, 3.05) is 0 Å². The molecule has 26 heavy (non-hydrogen) atoms. The second-order valence-corrected chi connectivity index (χ2v) is 7.76. The summed E-state index contributed by atoms with van der Waals surface area (Å²) in [6, 6.07) is 19.1. The quantitative estimate of drug-likeness (QED) is 0.261. The van der Waals surface area contributed by atoms with Gasteiger partial charge in [0.15, 0.2) is 5.78 Å². The third kappa shape index (κ3) is 3.06. The van der Waals surface area contributed by atoms with E-state index in [-0.39, 0.29) is 5.78 Å². The van der Waals surface area contributed by atoms with Crippen LogP contribution in [0.5, 0.6) is 0 Å². The Hall–Kier alpha value is -2.45. The first-order valence-corrected chi connectivity index (χ1v) is 10.1. The molecule has 0 bridgehead atoms. The Kier molecular flexibility index (Phi) is 4.85. The molecule has 0 spiro atoms. The van der Waals surface area contributed by atoms with Crippen LogP contribution in [0.2, 0.25) is 0 Å². The summed E-state index contributed by atoms with van der Waals surface area (Å²) in [5, 5.41) is 2.56. The predicted octanol–water partition coefficient (Wildman–Crippen LogP) is 7.32. The van der Waals surface area contributed by atoms with Gasteiger partial charge in [-0.3, -0.25) is 4.79 Å². The second kappa shape index (κ2) is 7.43. The Labute approximate surface area is 158 Å². The highest BCUT2D eigenvalue weighted by atomic mass is 32.1. The number of allylic oxidation sites excluding steroid dienone is 1. The highest BCUT2D eigenvalue weighted by Crippen LogP contribution is 2.47. The number of carbonyl (C=O) groups is 1. The van der Waals surface area contributed by atoms with Crippen LogP contribution in [0.25, 0.3) is 37.4 Å². The largest absolute Gasteiger partial charge is 0.295 e. The highest BCUT2D eigenvalue weighted by molar-refractivity contribution is 7.26. The van der Waals surface area contributed by atoms with Crippen LogP contribution in [0.15, 0.2) is 60.7 Å². The summed E-state index contributed by atoms with van der Waals surface area (Å²) in [5.74, 6) is 0.223. The van der Waals surface area contributed by atoms with Crippen molar-refractivity contribution in [3.63, 3.8) is 0 Å². The van der Waals surface area contributed by atoms with Crippen LogP contribution in [0.1, 0.15) is 38.2 Å². The molecular formula is C24H22OS. The van der Waals surface area contributed by atoms with E-state index in [0.29, 0.717) is 6.42 Å². The maximum Gasteiger partial charge on any atom is 0.155 e. The van der Waals surface area contributed by atoms with E-state index in [1.165, 1.54) is 36.9 Å². The van der Waals surface area contributed by atoms with Gasteiger partial charge in [0.1, 0.15) is 0 Å². The lowest BCUT2D eigenvalue weighted by Gasteiger charge is -1.99. The maximum absolute atomic E-state index is 12.3. The van der Waals surface area contributed by atoms with Gasteiger partial charge in [-0.1, -0.05) is 74.4 Å². The molecule has 1 aromatic carbocycles. The van der Waals surface area contributed by atoms with Gasteiger partial charge in [-0.15, -0.1) is 11.3 Å². The van der Waals surface area contributed by atoms with Crippen molar-refractivity contribution in [2.45, 2.75) is 32.6 Å². The molecule has 0 saturated heterocycles. The lowest BCUT2D eigenvalue weighted by atomic mass is 10.1. The van der Waals surface area contributed by atoms with E-state index in [1.54, 1.807) is 6.08 Å². The average Bonchev–Trinajstić information content (AvgIpc) is 3.04. The van der Waals surface area contributed by atoms with E-state index in [9.17, 15) is 4.79 Å². The zero-order valence-corrected chi connectivity index (χ0v) is 15.8. The Morgan fingerprint density at radius 2 is 1.73 bits per heavy atom. The molecule has 0 fully saturated rings. The van der Waals surface area contributed by atoms with E-state index in [4.69, 9.17) is 0 Å². The Morgan fingerprint density at radius 1 is 0.962 bits per heavy atom. The first-order valence-electron chi connectivity index (χ1n) is 9.32. The average molecular weight is 359 g/mol. The molecule has 2 aliphatic carbocycles. The van der Waals surface area contributed by atoms with Crippen molar-refractivity contribution in [3.05, 3.63) is 66.2 Å². The zero-order chi connectivity index (χ0) is 17.9. The minimum absolute atomic E-state index is 0.223. The van der Waals surface area contributed by atoms with Crippen molar-refractivity contribution in [2.24, 2.45) is 0 Å². The zero-order valence-electron chi connectivity index (χ0n) is 15.0. The van der Waals surface area contributed by atoms with Crippen LogP contribution < -0.4 is 0 Å². The minimum Gasteiger partial charge on any atom is -0.295 e. The molecule has 2 aliphatic rings. The highest BCUT2D eigenvalue weighted by Gasteiger charge is 2.19. The predicted molar refractivity (Wildman–Crippen MR) is 114 cm³/mol. The van der Waals surface area contributed by atoms with E-state index < -0.39 is 0 Å². The number of fused-ring (bicyclic) bond motifs is 5.